The van der Waals surface area contributed by atoms with E-state index in [-0.39, 0.29) is 13.2 Å². The molecule has 0 aromatic carbocycles. The zero-order valence-corrected chi connectivity index (χ0v) is 10.5. The van der Waals surface area contributed by atoms with E-state index in [1.54, 1.807) is 20.8 Å². The second kappa shape index (κ2) is 6.32. The Bertz CT molecular complexity index is 274. The first-order valence-corrected chi connectivity index (χ1v) is 6.19. The van der Waals surface area contributed by atoms with Gasteiger partial charge >= 0.3 is 13.8 Å². The van der Waals surface area contributed by atoms with Crippen LogP contribution in [0.2, 0.25) is 0 Å². The second-order valence-corrected chi connectivity index (χ2v) is 5.40. The van der Waals surface area contributed by atoms with Gasteiger partial charge in [0.1, 0.15) is 5.60 Å². The Labute approximate surface area is 94.5 Å². The number of phosphoric ester groups is 1. The summed E-state index contributed by atoms with van der Waals surface area (Å²) in [5.74, 6) is -0.738. The van der Waals surface area contributed by atoms with E-state index < -0.39 is 26.0 Å². The van der Waals surface area contributed by atoms with Gasteiger partial charge in [-0.25, -0.2) is 9.36 Å². The smallest absolute Gasteiger partial charge is 0.458 e. The summed E-state index contributed by atoms with van der Waals surface area (Å²) in [5, 5.41) is 0. The number of nitrogens with two attached hydrogens (primary N) is 1. The average Bonchev–Trinajstić information content (AvgIpc) is 2.09. The molecule has 7 nitrogen and oxygen atoms in total. The number of phosphoric acid groups is 1. The summed E-state index contributed by atoms with van der Waals surface area (Å²) in [6.45, 7) is 4.34. The second-order valence-electron chi connectivity index (χ2n) is 3.95. The average molecular weight is 255 g/mol. The van der Waals surface area contributed by atoms with E-state index in [0.29, 0.717) is 0 Å². The molecule has 1 unspecified atom stereocenters. The van der Waals surface area contributed by atoms with E-state index in [0.717, 1.165) is 0 Å². The Morgan fingerprint density at radius 1 is 1.38 bits per heavy atom. The van der Waals surface area contributed by atoms with Crippen molar-refractivity contribution in [2.24, 2.45) is 5.73 Å². The number of hydrogen-bond donors (Lipinski definition) is 2. The number of carbonyl (C=O) groups is 1. The number of rotatable bonds is 6. The maximum absolute atomic E-state index is 11.1. The third-order valence-corrected chi connectivity index (χ3v) is 2.10. The molecule has 96 valence electrons. The van der Waals surface area contributed by atoms with E-state index in [1.807, 2.05) is 0 Å². The van der Waals surface area contributed by atoms with Gasteiger partial charge in [-0.2, -0.15) is 0 Å². The van der Waals surface area contributed by atoms with Crippen LogP contribution in [0.5, 0.6) is 0 Å². The van der Waals surface area contributed by atoms with Crippen molar-refractivity contribution in [1.82, 2.24) is 0 Å². The van der Waals surface area contributed by atoms with Gasteiger partial charge in [-0.3, -0.25) is 9.05 Å². The zero-order valence-electron chi connectivity index (χ0n) is 9.63. The largest absolute Gasteiger partial charge is 0.472 e. The van der Waals surface area contributed by atoms with Crippen molar-refractivity contribution in [2.45, 2.75) is 26.4 Å². The van der Waals surface area contributed by atoms with Gasteiger partial charge in [-0.05, 0) is 20.8 Å². The lowest BCUT2D eigenvalue weighted by atomic mass is 10.2. The van der Waals surface area contributed by atoms with Crippen molar-refractivity contribution in [3.05, 3.63) is 0 Å². The molecule has 0 saturated carbocycles. The lowest BCUT2D eigenvalue weighted by Gasteiger charge is -2.19. The van der Waals surface area contributed by atoms with Crippen LogP contribution >= 0.6 is 7.82 Å². The molecule has 0 amide bonds. The van der Waals surface area contributed by atoms with Crippen molar-refractivity contribution in [3.8, 4) is 0 Å². The van der Waals surface area contributed by atoms with E-state index in [2.05, 4.69) is 9.05 Å². The summed E-state index contributed by atoms with van der Waals surface area (Å²) in [5.41, 5.74) is 4.40. The maximum atomic E-state index is 11.1. The highest BCUT2D eigenvalue weighted by Crippen LogP contribution is 2.42. The van der Waals surface area contributed by atoms with Gasteiger partial charge in [0.2, 0.25) is 0 Å². The first-order valence-electron chi connectivity index (χ1n) is 4.70. The highest BCUT2D eigenvalue weighted by Gasteiger charge is 2.24. The fourth-order valence-electron chi connectivity index (χ4n) is 0.711. The van der Waals surface area contributed by atoms with Crippen molar-refractivity contribution >= 4 is 13.8 Å². The Kier molecular flexibility index (Phi) is 6.14. The molecule has 0 heterocycles. The van der Waals surface area contributed by atoms with Crippen LogP contribution in [0.1, 0.15) is 20.8 Å². The highest BCUT2D eigenvalue weighted by molar-refractivity contribution is 7.47. The van der Waals surface area contributed by atoms with Gasteiger partial charge in [0.15, 0.2) is 6.61 Å². The minimum Gasteiger partial charge on any atom is -0.458 e. The number of ether oxygens (including phenoxy) is 1. The fourth-order valence-corrected chi connectivity index (χ4v) is 1.39. The third kappa shape index (κ3) is 8.82. The van der Waals surface area contributed by atoms with Crippen molar-refractivity contribution in [3.63, 3.8) is 0 Å². The van der Waals surface area contributed by atoms with E-state index in [1.165, 1.54) is 0 Å². The minimum absolute atomic E-state index is 0.0837. The number of carbonyl (C=O) groups excluding carboxylic acids is 1. The molecule has 0 fully saturated rings. The van der Waals surface area contributed by atoms with Crippen LogP contribution in [-0.2, 0) is 23.1 Å². The minimum atomic E-state index is -4.21. The normalized spacial score (nSPS) is 15.6. The lowest BCUT2D eigenvalue weighted by molar-refractivity contribution is -0.157. The summed E-state index contributed by atoms with van der Waals surface area (Å²) in [6.07, 6.45) is 0. The third-order valence-electron chi connectivity index (χ3n) is 1.14. The molecule has 0 radical (unpaired) electrons. The summed E-state index contributed by atoms with van der Waals surface area (Å²) >= 11 is 0. The molecule has 0 spiro atoms. The quantitative estimate of drug-likeness (QED) is 0.523. The number of esters is 1. The van der Waals surface area contributed by atoms with Crippen LogP contribution in [0, 0.1) is 0 Å². The van der Waals surface area contributed by atoms with Crippen LogP contribution in [0.3, 0.4) is 0 Å². The van der Waals surface area contributed by atoms with Crippen LogP contribution in [-0.4, -0.2) is 36.2 Å². The molecule has 0 bridgehead atoms. The van der Waals surface area contributed by atoms with Crippen LogP contribution in [0.15, 0.2) is 0 Å². The van der Waals surface area contributed by atoms with Crippen molar-refractivity contribution in [2.75, 3.05) is 19.8 Å². The van der Waals surface area contributed by atoms with Crippen molar-refractivity contribution < 1.29 is 28.0 Å². The molecule has 1 atom stereocenters. The van der Waals surface area contributed by atoms with Gasteiger partial charge in [0.05, 0.1) is 6.61 Å². The monoisotopic (exact) mass is 255 g/mol. The zero-order chi connectivity index (χ0) is 12.8. The van der Waals surface area contributed by atoms with Gasteiger partial charge < -0.3 is 15.4 Å². The van der Waals surface area contributed by atoms with Crippen LogP contribution in [0.25, 0.3) is 0 Å². The Morgan fingerprint density at radius 2 is 1.94 bits per heavy atom. The first kappa shape index (κ1) is 15.5. The van der Waals surface area contributed by atoms with E-state index in [4.69, 9.17) is 15.4 Å². The molecule has 0 rings (SSSR count). The SMILES string of the molecule is CC(C)(C)OC(=O)COP(=O)(O)OCCN. The highest BCUT2D eigenvalue weighted by atomic mass is 31.2. The van der Waals surface area contributed by atoms with Crippen LogP contribution in [0.4, 0.5) is 0 Å². The summed E-state index contributed by atoms with van der Waals surface area (Å²) in [4.78, 5) is 20.2. The van der Waals surface area contributed by atoms with Crippen molar-refractivity contribution in [1.29, 1.82) is 0 Å². The predicted octanol–water partition coefficient (Wildman–Crippen LogP) is 0.420. The molecular weight excluding hydrogens is 237 g/mol. The van der Waals surface area contributed by atoms with Gasteiger partial charge in [-0.1, -0.05) is 0 Å². The molecule has 16 heavy (non-hydrogen) atoms. The molecule has 8 heteroatoms. The maximum Gasteiger partial charge on any atom is 0.472 e. The summed E-state index contributed by atoms with van der Waals surface area (Å²) < 4.78 is 24.8. The molecular formula is C8H18NO6P. The van der Waals surface area contributed by atoms with E-state index in [9.17, 15) is 9.36 Å². The van der Waals surface area contributed by atoms with Gasteiger partial charge in [0.25, 0.3) is 0 Å². The molecule has 0 aromatic heterocycles. The van der Waals surface area contributed by atoms with Gasteiger partial charge in [0, 0.05) is 6.54 Å². The molecule has 0 aliphatic heterocycles. The summed E-state index contributed by atoms with van der Waals surface area (Å²) in [6, 6.07) is 0. The summed E-state index contributed by atoms with van der Waals surface area (Å²) in [7, 11) is -4.21. The Morgan fingerprint density at radius 3 is 2.38 bits per heavy atom. The predicted molar refractivity (Wildman–Crippen MR) is 56.6 cm³/mol. The Hall–Kier alpha value is -0.460. The first-order chi connectivity index (χ1) is 7.16. The standard InChI is InChI=1S/C8H18NO6P/c1-8(2,3)15-7(10)6-14-16(11,12)13-5-4-9/h4-6,9H2,1-3H3,(H,11,12). The van der Waals surface area contributed by atoms with Gasteiger partial charge in [-0.15, -0.1) is 0 Å². The molecule has 0 aromatic rings. The Balaban J connectivity index is 3.95. The molecule has 0 saturated heterocycles. The van der Waals surface area contributed by atoms with E-state index >= 15 is 0 Å². The fraction of sp³-hybridized carbons (Fsp3) is 0.875. The lowest BCUT2D eigenvalue weighted by Crippen LogP contribution is -2.26. The molecule has 3 N–H and O–H groups in total. The topological polar surface area (TPSA) is 108 Å². The molecule has 0 aliphatic rings. The van der Waals surface area contributed by atoms with Crippen LogP contribution < -0.4 is 5.73 Å². The molecule has 0 aliphatic carbocycles. The number of hydrogen-bond acceptors (Lipinski definition) is 6.